The van der Waals surface area contributed by atoms with Crippen molar-refractivity contribution >= 4 is 23.2 Å². The van der Waals surface area contributed by atoms with Gasteiger partial charge >= 0.3 is 0 Å². The fraction of sp³-hybridized carbons (Fsp3) is 0.367. The summed E-state index contributed by atoms with van der Waals surface area (Å²) < 4.78 is 3.72. The van der Waals surface area contributed by atoms with Crippen LogP contribution in [-0.4, -0.2) is 25.5 Å². The van der Waals surface area contributed by atoms with Gasteiger partial charge < -0.3 is 5.32 Å². The Morgan fingerprint density at radius 3 is 2.30 bits per heavy atom. The minimum atomic E-state index is -0.112. The van der Waals surface area contributed by atoms with Crippen LogP contribution >= 0.6 is 11.6 Å². The number of nitrogens with zero attached hydrogens (tertiary/aromatic N) is 4. The summed E-state index contributed by atoms with van der Waals surface area (Å²) in [7, 11) is 0. The maximum Gasteiger partial charge on any atom is 0.259 e. The minimum Gasteiger partial charge on any atom is -0.319 e. The molecule has 4 aliphatic rings. The number of anilines is 1. The molecule has 2 aromatic carbocycles. The number of rotatable bonds is 6. The van der Waals surface area contributed by atoms with E-state index < -0.39 is 0 Å². The summed E-state index contributed by atoms with van der Waals surface area (Å²) in [6, 6.07) is 17.8. The van der Waals surface area contributed by atoms with Crippen LogP contribution in [0, 0.1) is 17.8 Å². The first-order valence-electron chi connectivity index (χ1n) is 13.3. The zero-order valence-corrected chi connectivity index (χ0v) is 21.4. The van der Waals surface area contributed by atoms with Gasteiger partial charge in [-0.1, -0.05) is 41.9 Å². The van der Waals surface area contributed by atoms with Crippen molar-refractivity contribution in [3.8, 4) is 5.69 Å². The summed E-state index contributed by atoms with van der Waals surface area (Å²) in [4.78, 5) is 13.8. The van der Waals surface area contributed by atoms with Crippen LogP contribution in [-0.2, 0) is 12.0 Å². The highest BCUT2D eigenvalue weighted by atomic mass is 35.5. The first-order chi connectivity index (χ1) is 18.0. The van der Waals surface area contributed by atoms with Gasteiger partial charge in [-0.15, -0.1) is 0 Å². The third-order valence-corrected chi connectivity index (χ3v) is 8.92. The van der Waals surface area contributed by atoms with Gasteiger partial charge in [0.1, 0.15) is 0 Å². The zero-order valence-electron chi connectivity index (χ0n) is 20.7. The highest BCUT2D eigenvalue weighted by Gasteiger charge is 2.53. The van der Waals surface area contributed by atoms with E-state index in [0.29, 0.717) is 22.8 Å². The molecule has 2 aromatic heterocycles. The molecule has 0 saturated heterocycles. The molecule has 0 unspecified atom stereocenters. The smallest absolute Gasteiger partial charge is 0.259 e. The van der Waals surface area contributed by atoms with E-state index in [1.807, 2.05) is 76.4 Å². The Labute approximate surface area is 221 Å². The number of carbonyl (C=O) groups excluding carboxylic acids is 1. The number of nitrogens with one attached hydrogen (secondary N) is 1. The van der Waals surface area contributed by atoms with E-state index in [0.717, 1.165) is 54.0 Å². The molecule has 2 heterocycles. The molecule has 37 heavy (non-hydrogen) atoms. The van der Waals surface area contributed by atoms with Gasteiger partial charge in [-0.25, -0.2) is 4.68 Å². The molecule has 0 atom stereocenters. The van der Waals surface area contributed by atoms with Crippen LogP contribution in [0.4, 0.5) is 5.69 Å². The molecule has 4 saturated carbocycles. The topological polar surface area (TPSA) is 64.7 Å². The summed E-state index contributed by atoms with van der Waals surface area (Å²) in [5.41, 5.74) is 4.45. The Balaban J connectivity index is 1.19. The highest BCUT2D eigenvalue weighted by Crippen LogP contribution is 2.60. The Kier molecular flexibility index (Phi) is 5.47. The van der Waals surface area contributed by atoms with Crippen molar-refractivity contribution in [3.05, 3.63) is 95.0 Å². The minimum absolute atomic E-state index is 0.0141. The number of hydrogen-bond acceptors (Lipinski definition) is 3. The van der Waals surface area contributed by atoms with Crippen LogP contribution in [0.1, 0.15) is 60.1 Å². The van der Waals surface area contributed by atoms with Gasteiger partial charge in [0.2, 0.25) is 0 Å². The molecule has 4 fully saturated rings. The molecule has 0 radical (unpaired) electrons. The standard InChI is InChI=1S/C30H30ClN5O/c31-24-8-6-20(7-9-24)17-35-18-25(16-32-35)33-29(37)27-19-36(26-4-2-1-3-5-26)34-28(27)30-13-21-10-22(14-30)12-23(11-21)15-30/h1-9,16,18-19,21-23H,10-15,17H2,(H,33,37). The van der Waals surface area contributed by atoms with Gasteiger partial charge in [0, 0.05) is 22.8 Å². The van der Waals surface area contributed by atoms with E-state index in [-0.39, 0.29) is 11.3 Å². The van der Waals surface area contributed by atoms with Crippen LogP contribution in [0.25, 0.3) is 5.69 Å². The van der Waals surface area contributed by atoms with Gasteiger partial charge in [0.15, 0.2) is 0 Å². The lowest BCUT2D eigenvalue weighted by Gasteiger charge is -2.56. The molecule has 4 aromatic rings. The predicted molar refractivity (Wildman–Crippen MR) is 144 cm³/mol. The average Bonchev–Trinajstić information content (AvgIpc) is 3.53. The quantitative estimate of drug-likeness (QED) is 0.322. The lowest BCUT2D eigenvalue weighted by Crippen LogP contribution is -2.49. The fourth-order valence-corrected chi connectivity index (χ4v) is 7.66. The average molecular weight is 512 g/mol. The molecule has 8 rings (SSSR count). The normalized spacial score (nSPS) is 25.9. The largest absolute Gasteiger partial charge is 0.319 e. The molecule has 188 valence electrons. The number of hydrogen-bond donors (Lipinski definition) is 1. The van der Waals surface area contributed by atoms with Gasteiger partial charge in [0.25, 0.3) is 5.91 Å². The summed E-state index contributed by atoms with van der Waals surface area (Å²) in [5.74, 6) is 2.21. The monoisotopic (exact) mass is 511 g/mol. The third kappa shape index (κ3) is 4.27. The first-order valence-corrected chi connectivity index (χ1v) is 13.6. The van der Waals surface area contributed by atoms with Gasteiger partial charge in [-0.3, -0.25) is 9.48 Å². The van der Waals surface area contributed by atoms with Crippen molar-refractivity contribution < 1.29 is 4.79 Å². The Morgan fingerprint density at radius 2 is 1.62 bits per heavy atom. The van der Waals surface area contributed by atoms with Crippen LogP contribution in [0.3, 0.4) is 0 Å². The molecule has 6 nitrogen and oxygen atoms in total. The van der Waals surface area contributed by atoms with Crippen molar-refractivity contribution in [3.63, 3.8) is 0 Å². The molecular formula is C30H30ClN5O. The van der Waals surface area contributed by atoms with Crippen LogP contribution in [0.2, 0.25) is 5.02 Å². The zero-order chi connectivity index (χ0) is 25.0. The molecule has 1 N–H and O–H groups in total. The molecule has 7 heteroatoms. The number of para-hydroxylation sites is 1. The summed E-state index contributed by atoms with van der Waals surface area (Å²) >= 11 is 6.01. The molecule has 1 amide bonds. The van der Waals surface area contributed by atoms with Gasteiger partial charge in [0.05, 0.1) is 35.4 Å². The van der Waals surface area contributed by atoms with E-state index in [9.17, 15) is 4.79 Å². The third-order valence-electron chi connectivity index (χ3n) is 8.67. The van der Waals surface area contributed by atoms with Crippen molar-refractivity contribution in [1.29, 1.82) is 0 Å². The molecule has 0 spiro atoms. The Hall–Kier alpha value is -3.38. The van der Waals surface area contributed by atoms with Gasteiger partial charge in [-0.05, 0) is 86.1 Å². The van der Waals surface area contributed by atoms with Crippen molar-refractivity contribution in [2.24, 2.45) is 17.8 Å². The second kappa shape index (κ2) is 8.88. The number of amides is 1. The summed E-state index contributed by atoms with van der Waals surface area (Å²) in [5, 5.41) is 13.4. The van der Waals surface area contributed by atoms with Crippen LogP contribution in [0.15, 0.2) is 73.2 Å². The van der Waals surface area contributed by atoms with Crippen LogP contribution < -0.4 is 5.32 Å². The maximum absolute atomic E-state index is 13.8. The molecule has 4 bridgehead atoms. The lowest BCUT2D eigenvalue weighted by atomic mass is 9.48. The number of halogens is 1. The Morgan fingerprint density at radius 1 is 0.946 bits per heavy atom. The van der Waals surface area contributed by atoms with Gasteiger partial charge in [-0.2, -0.15) is 10.2 Å². The van der Waals surface area contributed by atoms with E-state index in [2.05, 4.69) is 10.4 Å². The second-order valence-electron chi connectivity index (χ2n) is 11.4. The molecular weight excluding hydrogens is 482 g/mol. The van der Waals surface area contributed by atoms with E-state index in [4.69, 9.17) is 16.7 Å². The Bertz CT molecular complexity index is 1400. The SMILES string of the molecule is O=C(Nc1cnn(Cc2ccc(Cl)cc2)c1)c1cn(-c2ccccc2)nc1C12CC3CC(CC(C3)C1)C2. The number of benzene rings is 2. The van der Waals surface area contributed by atoms with Crippen molar-refractivity contribution in [2.75, 3.05) is 5.32 Å². The first kappa shape index (κ1) is 22.8. The predicted octanol–water partition coefficient (Wildman–Crippen LogP) is 6.49. The summed E-state index contributed by atoms with van der Waals surface area (Å²) in [6.07, 6.45) is 13.0. The highest BCUT2D eigenvalue weighted by molar-refractivity contribution is 6.30. The second-order valence-corrected chi connectivity index (χ2v) is 11.8. The summed E-state index contributed by atoms with van der Waals surface area (Å²) in [6.45, 7) is 0.609. The molecule has 0 aliphatic heterocycles. The maximum atomic E-state index is 13.8. The lowest BCUT2D eigenvalue weighted by molar-refractivity contribution is -0.00765. The van der Waals surface area contributed by atoms with E-state index in [1.165, 1.54) is 19.3 Å². The fourth-order valence-electron chi connectivity index (χ4n) is 7.54. The van der Waals surface area contributed by atoms with E-state index in [1.54, 1.807) is 6.20 Å². The van der Waals surface area contributed by atoms with E-state index >= 15 is 0 Å². The van der Waals surface area contributed by atoms with Crippen molar-refractivity contribution in [1.82, 2.24) is 19.6 Å². The number of carbonyl (C=O) groups is 1. The molecule has 4 aliphatic carbocycles. The number of aromatic nitrogens is 4. The van der Waals surface area contributed by atoms with Crippen molar-refractivity contribution in [2.45, 2.75) is 50.5 Å². The van der Waals surface area contributed by atoms with Crippen LogP contribution in [0.5, 0.6) is 0 Å².